The Balaban J connectivity index is 1.19. The van der Waals surface area contributed by atoms with Crippen molar-refractivity contribution >= 4 is 11.8 Å². The minimum absolute atomic E-state index is 0.0377. The number of hydrogen-bond donors (Lipinski definition) is 0. The number of ether oxygens (including phenoxy) is 3. The normalized spacial score (nSPS) is 22.4. The van der Waals surface area contributed by atoms with Crippen molar-refractivity contribution < 1.29 is 32.3 Å². The number of fused-ring (bicyclic) bond motifs is 2. The summed E-state index contributed by atoms with van der Waals surface area (Å²) in [5, 5.41) is 4.28. The van der Waals surface area contributed by atoms with Crippen molar-refractivity contribution in [1.82, 2.24) is 10.1 Å². The number of nitrogens with zero attached hydrogens (tertiary/aromatic N) is 3. The Morgan fingerprint density at radius 2 is 1.90 bits per heavy atom. The second kappa shape index (κ2) is 10.6. The van der Waals surface area contributed by atoms with Crippen LogP contribution in [0.2, 0.25) is 0 Å². The van der Waals surface area contributed by atoms with Crippen LogP contribution in [0.15, 0.2) is 41.1 Å². The second-order valence-electron chi connectivity index (χ2n) is 10.6. The summed E-state index contributed by atoms with van der Waals surface area (Å²) in [5.41, 5.74) is 3.18. The van der Waals surface area contributed by atoms with Gasteiger partial charge in [0.1, 0.15) is 23.0 Å². The zero-order valence-corrected chi connectivity index (χ0v) is 21.9. The third-order valence-electron chi connectivity index (χ3n) is 7.99. The van der Waals surface area contributed by atoms with E-state index in [1.165, 1.54) is 13.2 Å². The predicted molar refractivity (Wildman–Crippen MR) is 138 cm³/mol. The SMILES string of the molecule is COC(=O)c1cnc(N2C3CCC2CC(OCc2c(-c4ccccc4OC(F)F)noc2C2CC2)C3)c(C)c1. The summed E-state index contributed by atoms with van der Waals surface area (Å²) in [6.07, 6.45) is 7.44. The number of alkyl halides is 2. The van der Waals surface area contributed by atoms with Gasteiger partial charge in [-0.05, 0) is 69.2 Å². The Bertz CT molecular complexity index is 1340. The van der Waals surface area contributed by atoms with Crippen molar-refractivity contribution in [3.63, 3.8) is 0 Å². The number of carbonyl (C=O) groups is 1. The fourth-order valence-electron chi connectivity index (χ4n) is 6.08. The van der Waals surface area contributed by atoms with E-state index in [1.807, 2.05) is 13.0 Å². The highest BCUT2D eigenvalue weighted by Crippen LogP contribution is 2.46. The predicted octanol–water partition coefficient (Wildman–Crippen LogP) is 6.03. The van der Waals surface area contributed by atoms with Crippen LogP contribution < -0.4 is 9.64 Å². The summed E-state index contributed by atoms with van der Waals surface area (Å²) < 4.78 is 47.9. The molecule has 0 N–H and O–H groups in total. The van der Waals surface area contributed by atoms with Gasteiger partial charge in [0.25, 0.3) is 0 Å². The number of aromatic nitrogens is 2. The molecule has 8 nitrogen and oxygen atoms in total. The maximum atomic E-state index is 13.1. The molecule has 0 spiro atoms. The van der Waals surface area contributed by atoms with E-state index in [-0.39, 0.29) is 29.9 Å². The van der Waals surface area contributed by atoms with Crippen LogP contribution in [0.4, 0.5) is 14.6 Å². The summed E-state index contributed by atoms with van der Waals surface area (Å²) in [6, 6.07) is 9.06. The summed E-state index contributed by atoms with van der Waals surface area (Å²) >= 11 is 0. The largest absolute Gasteiger partial charge is 0.465 e. The van der Waals surface area contributed by atoms with E-state index in [4.69, 9.17) is 18.7 Å². The molecule has 4 heterocycles. The number of aryl methyl sites for hydroxylation is 1. The maximum absolute atomic E-state index is 13.1. The number of methoxy groups -OCH3 is 1. The first-order valence-electron chi connectivity index (χ1n) is 13.4. The molecule has 0 amide bonds. The molecular weight excluding hydrogens is 508 g/mol. The number of anilines is 1. The number of pyridine rings is 1. The Kier molecular flexibility index (Phi) is 6.97. The van der Waals surface area contributed by atoms with Gasteiger partial charge in [0.15, 0.2) is 0 Å². The third kappa shape index (κ3) is 5.09. The molecule has 2 aliphatic heterocycles. The van der Waals surface area contributed by atoms with Gasteiger partial charge >= 0.3 is 12.6 Å². The van der Waals surface area contributed by atoms with Crippen molar-refractivity contribution in [2.75, 3.05) is 12.0 Å². The molecule has 3 aromatic rings. The van der Waals surface area contributed by atoms with Crippen LogP contribution in [0, 0.1) is 6.92 Å². The van der Waals surface area contributed by atoms with Gasteiger partial charge in [-0.2, -0.15) is 8.78 Å². The van der Waals surface area contributed by atoms with E-state index in [2.05, 4.69) is 15.0 Å². The number of rotatable bonds is 9. The van der Waals surface area contributed by atoms with Crippen molar-refractivity contribution in [1.29, 1.82) is 0 Å². The zero-order valence-electron chi connectivity index (χ0n) is 21.9. The monoisotopic (exact) mass is 539 g/mol. The highest BCUT2D eigenvalue weighted by Gasteiger charge is 2.43. The van der Waals surface area contributed by atoms with E-state index >= 15 is 0 Å². The number of benzene rings is 1. The minimum atomic E-state index is -2.93. The molecule has 2 unspecified atom stereocenters. The zero-order chi connectivity index (χ0) is 27.1. The van der Waals surface area contributed by atoms with Crippen molar-refractivity contribution in [3.05, 3.63) is 59.0 Å². The van der Waals surface area contributed by atoms with Crippen LogP contribution in [-0.2, 0) is 16.1 Å². The summed E-state index contributed by atoms with van der Waals surface area (Å²) in [7, 11) is 1.36. The van der Waals surface area contributed by atoms with E-state index in [1.54, 1.807) is 24.4 Å². The molecule has 1 aromatic carbocycles. The number of halogens is 2. The number of carbonyl (C=O) groups excluding carboxylic acids is 1. The van der Waals surface area contributed by atoms with Gasteiger partial charge in [0, 0.05) is 35.3 Å². The van der Waals surface area contributed by atoms with Gasteiger partial charge < -0.3 is 23.6 Å². The molecule has 2 saturated heterocycles. The second-order valence-corrected chi connectivity index (χ2v) is 10.6. The molecule has 0 radical (unpaired) electrons. The highest BCUT2D eigenvalue weighted by atomic mass is 19.3. The molecule has 1 saturated carbocycles. The van der Waals surface area contributed by atoms with E-state index in [0.29, 0.717) is 23.4 Å². The first-order valence-corrected chi connectivity index (χ1v) is 13.4. The molecule has 39 heavy (non-hydrogen) atoms. The van der Waals surface area contributed by atoms with Crippen molar-refractivity contribution in [2.24, 2.45) is 0 Å². The Morgan fingerprint density at radius 3 is 2.56 bits per heavy atom. The van der Waals surface area contributed by atoms with Gasteiger partial charge in [-0.25, -0.2) is 9.78 Å². The fraction of sp³-hybridized carbons (Fsp3) is 0.483. The molecule has 1 aliphatic carbocycles. The lowest BCUT2D eigenvalue weighted by Crippen LogP contribution is -2.46. The van der Waals surface area contributed by atoms with Gasteiger partial charge in [-0.15, -0.1) is 0 Å². The molecule has 206 valence electrons. The molecule has 2 aromatic heterocycles. The average Bonchev–Trinajstić information content (AvgIpc) is 3.63. The summed E-state index contributed by atoms with van der Waals surface area (Å²) in [6.45, 7) is -0.668. The Morgan fingerprint density at radius 1 is 1.15 bits per heavy atom. The van der Waals surface area contributed by atoms with Crippen molar-refractivity contribution in [2.45, 2.75) is 82.8 Å². The van der Waals surface area contributed by atoms with E-state index in [0.717, 1.165) is 61.2 Å². The molecule has 10 heteroatoms. The fourth-order valence-corrected chi connectivity index (χ4v) is 6.08. The molecule has 2 bridgehead atoms. The topological polar surface area (TPSA) is 86.9 Å². The summed E-state index contributed by atoms with van der Waals surface area (Å²) in [5.74, 6) is 1.64. The summed E-state index contributed by atoms with van der Waals surface area (Å²) in [4.78, 5) is 18.9. The van der Waals surface area contributed by atoms with Crippen LogP contribution in [0.5, 0.6) is 5.75 Å². The lowest BCUT2D eigenvalue weighted by molar-refractivity contribution is -0.0494. The van der Waals surface area contributed by atoms with E-state index in [9.17, 15) is 13.6 Å². The minimum Gasteiger partial charge on any atom is -0.465 e. The smallest absolute Gasteiger partial charge is 0.387 e. The lowest BCUT2D eigenvalue weighted by Gasteiger charge is -2.40. The first-order chi connectivity index (χ1) is 18.9. The number of piperidine rings is 1. The number of para-hydroxylation sites is 1. The van der Waals surface area contributed by atoms with Gasteiger partial charge in [-0.1, -0.05) is 17.3 Å². The molecule has 2 atom stereocenters. The van der Waals surface area contributed by atoms with Crippen LogP contribution in [0.3, 0.4) is 0 Å². The average molecular weight is 540 g/mol. The van der Waals surface area contributed by atoms with Crippen LogP contribution in [0.25, 0.3) is 11.3 Å². The molecule has 6 rings (SSSR count). The third-order valence-corrected chi connectivity index (χ3v) is 7.99. The van der Waals surface area contributed by atoms with Crippen LogP contribution in [0.1, 0.15) is 71.7 Å². The molecule has 3 fully saturated rings. The van der Waals surface area contributed by atoms with Crippen molar-refractivity contribution in [3.8, 4) is 17.0 Å². The van der Waals surface area contributed by atoms with Gasteiger partial charge in [0.05, 0.1) is 25.4 Å². The Labute approximate surface area is 225 Å². The molecule has 3 aliphatic rings. The molecular formula is C29H31F2N3O5. The van der Waals surface area contributed by atoms with Crippen LogP contribution >= 0.6 is 0 Å². The number of esters is 1. The van der Waals surface area contributed by atoms with E-state index < -0.39 is 12.6 Å². The Hall–Kier alpha value is -3.53. The highest BCUT2D eigenvalue weighted by molar-refractivity contribution is 5.89. The first kappa shape index (κ1) is 25.7. The number of hydrogen-bond acceptors (Lipinski definition) is 8. The van der Waals surface area contributed by atoms with Gasteiger partial charge in [-0.3, -0.25) is 0 Å². The van der Waals surface area contributed by atoms with Crippen LogP contribution in [-0.4, -0.2) is 48.0 Å². The standard InChI is InChI=1S/C29H31F2N3O5/c1-16-11-18(28(35)36-2)14-32-27(16)34-19-9-10-20(34)13-21(12-19)37-15-23-25(33-39-26(23)17-7-8-17)22-5-3-4-6-24(22)38-29(30)31/h3-6,11,14,17,19-21,29H,7-10,12-13,15H2,1-2H3. The lowest BCUT2D eigenvalue weighted by atomic mass is 9.98. The quantitative estimate of drug-likeness (QED) is 0.305. The van der Waals surface area contributed by atoms with Gasteiger partial charge in [0.2, 0.25) is 0 Å². The maximum Gasteiger partial charge on any atom is 0.387 e.